The average Bonchev–Trinajstić information content (AvgIpc) is 2.85. The Hall–Kier alpha value is -1.28. The van der Waals surface area contributed by atoms with Crippen LogP contribution in [0.4, 0.5) is 8.78 Å². The first-order chi connectivity index (χ1) is 13.2. The van der Waals surface area contributed by atoms with Crippen LogP contribution in [0.5, 0.6) is 0 Å². The first-order valence-corrected chi connectivity index (χ1v) is 10.9. The van der Waals surface area contributed by atoms with Crippen molar-refractivity contribution in [3.8, 4) is 0 Å². The summed E-state index contributed by atoms with van der Waals surface area (Å²) in [4.78, 5) is 12.4. The predicted octanol–water partition coefficient (Wildman–Crippen LogP) is 3.25. The summed E-state index contributed by atoms with van der Waals surface area (Å²) in [5.41, 5.74) is -1.81. The summed E-state index contributed by atoms with van der Waals surface area (Å²) >= 11 is 0. The highest BCUT2D eigenvalue weighted by Crippen LogP contribution is 2.56. The molecule has 6 nitrogen and oxygen atoms in total. The van der Waals surface area contributed by atoms with E-state index in [0.717, 1.165) is 0 Å². The Bertz CT molecular complexity index is 695. The number of alkyl halides is 2. The van der Waals surface area contributed by atoms with Crippen molar-refractivity contribution in [2.45, 2.75) is 57.0 Å². The maximum Gasteiger partial charge on any atom is 0.364 e. The van der Waals surface area contributed by atoms with Crippen molar-refractivity contribution in [1.29, 1.82) is 0 Å². The second kappa shape index (κ2) is 9.48. The monoisotopic (exact) mass is 418 g/mol. The number of hydrogen-bond donors (Lipinski definition) is 0. The zero-order chi connectivity index (χ0) is 20.9. The van der Waals surface area contributed by atoms with Gasteiger partial charge in [0.1, 0.15) is 14.0 Å². The number of carbonyl (C=O) groups excluding carboxylic acids is 1. The van der Waals surface area contributed by atoms with Crippen molar-refractivity contribution in [1.82, 2.24) is 0 Å². The maximum atomic E-state index is 15.2. The summed E-state index contributed by atoms with van der Waals surface area (Å²) in [5.74, 6) is -2.79. The third-order valence-corrected chi connectivity index (χ3v) is 6.83. The standard InChI is InChI=1S/C18H26BF2O6P/c1-4-24-28(23,25-5-2)14(20)11-13-15(18(3,21)17(19)26-13)27-16(22)12-9-7-6-8-10-12/h6-10,13-15,17H,4-5,11,19H2,1-3H3/t13-,14?,15-,17-,18?/m1/s1. The summed E-state index contributed by atoms with van der Waals surface area (Å²) in [6.07, 6.45) is -3.00. The molecule has 0 N–H and O–H groups in total. The number of benzene rings is 1. The van der Waals surface area contributed by atoms with Crippen LogP contribution in [0.1, 0.15) is 37.6 Å². The van der Waals surface area contributed by atoms with Gasteiger partial charge in [-0.2, -0.15) is 0 Å². The highest BCUT2D eigenvalue weighted by atomic mass is 31.2. The van der Waals surface area contributed by atoms with E-state index in [2.05, 4.69) is 0 Å². The zero-order valence-corrected chi connectivity index (χ0v) is 17.4. The summed E-state index contributed by atoms with van der Waals surface area (Å²) in [6, 6.07) is 7.14. The van der Waals surface area contributed by atoms with Crippen molar-refractivity contribution in [3.05, 3.63) is 35.9 Å². The lowest BCUT2D eigenvalue weighted by Crippen LogP contribution is -2.45. The Balaban J connectivity index is 2.19. The van der Waals surface area contributed by atoms with Gasteiger partial charge in [0.25, 0.3) is 0 Å². The molecule has 0 amide bonds. The molecule has 1 aliphatic heterocycles. The molecule has 1 aromatic rings. The number of hydrogen-bond acceptors (Lipinski definition) is 6. The van der Waals surface area contributed by atoms with Crippen LogP contribution in [-0.4, -0.2) is 56.8 Å². The van der Waals surface area contributed by atoms with Crippen molar-refractivity contribution in [2.75, 3.05) is 13.2 Å². The predicted molar refractivity (Wildman–Crippen MR) is 103 cm³/mol. The molecule has 1 aliphatic rings. The molecule has 1 saturated heterocycles. The number of carbonyl (C=O) groups is 1. The molecule has 2 rings (SSSR count). The van der Waals surface area contributed by atoms with E-state index in [0.29, 0.717) is 0 Å². The van der Waals surface area contributed by atoms with Crippen molar-refractivity contribution in [3.63, 3.8) is 0 Å². The van der Waals surface area contributed by atoms with E-state index in [9.17, 15) is 13.8 Å². The fourth-order valence-corrected chi connectivity index (χ4v) is 4.65. The van der Waals surface area contributed by atoms with Gasteiger partial charge in [0.05, 0.1) is 24.8 Å². The van der Waals surface area contributed by atoms with Crippen LogP contribution in [0.2, 0.25) is 0 Å². The molecule has 0 saturated carbocycles. The Morgan fingerprint density at radius 3 is 2.39 bits per heavy atom. The number of rotatable bonds is 9. The zero-order valence-electron chi connectivity index (χ0n) is 16.5. The van der Waals surface area contributed by atoms with Gasteiger partial charge >= 0.3 is 13.6 Å². The van der Waals surface area contributed by atoms with Crippen molar-refractivity contribution < 1.29 is 36.7 Å². The molecule has 2 unspecified atom stereocenters. The van der Waals surface area contributed by atoms with Gasteiger partial charge in [0, 0.05) is 6.42 Å². The minimum atomic E-state index is -4.05. The van der Waals surface area contributed by atoms with Gasteiger partial charge in [0.2, 0.25) is 5.91 Å². The molecule has 5 atom stereocenters. The fraction of sp³-hybridized carbons (Fsp3) is 0.611. The third-order valence-electron chi connectivity index (χ3n) is 4.70. The van der Waals surface area contributed by atoms with Crippen LogP contribution < -0.4 is 0 Å². The highest BCUT2D eigenvalue weighted by molar-refractivity contribution is 7.54. The minimum Gasteiger partial charge on any atom is -0.453 e. The van der Waals surface area contributed by atoms with Gasteiger partial charge in [-0.05, 0) is 32.9 Å². The number of ether oxygens (including phenoxy) is 2. The molecular formula is C18H26BF2O6P. The Morgan fingerprint density at radius 1 is 1.29 bits per heavy atom. The van der Waals surface area contributed by atoms with E-state index in [4.69, 9.17) is 18.5 Å². The third kappa shape index (κ3) is 5.01. The van der Waals surface area contributed by atoms with E-state index in [-0.39, 0.29) is 18.8 Å². The maximum absolute atomic E-state index is 15.2. The largest absolute Gasteiger partial charge is 0.453 e. The van der Waals surface area contributed by atoms with Crippen LogP contribution in [0, 0.1) is 0 Å². The molecule has 0 spiro atoms. The molecule has 1 aromatic carbocycles. The molecule has 0 aliphatic carbocycles. The summed E-state index contributed by atoms with van der Waals surface area (Å²) in [5, 5.41) is 0. The molecule has 10 heteroatoms. The molecule has 28 heavy (non-hydrogen) atoms. The molecule has 0 aromatic heterocycles. The van der Waals surface area contributed by atoms with E-state index in [1.165, 1.54) is 26.9 Å². The molecule has 0 bridgehead atoms. The normalized spacial score (nSPS) is 28.8. The Kier molecular flexibility index (Phi) is 7.79. The van der Waals surface area contributed by atoms with Gasteiger partial charge in [0.15, 0.2) is 11.8 Å². The van der Waals surface area contributed by atoms with E-state index < -0.39 is 49.8 Å². The van der Waals surface area contributed by atoms with Crippen LogP contribution in [0.15, 0.2) is 30.3 Å². The van der Waals surface area contributed by atoms with Crippen molar-refractivity contribution >= 4 is 21.4 Å². The second-order valence-corrected chi connectivity index (χ2v) is 8.86. The molecule has 1 heterocycles. The Morgan fingerprint density at radius 2 is 1.86 bits per heavy atom. The van der Waals surface area contributed by atoms with Gasteiger partial charge in [-0.3, -0.25) is 4.57 Å². The lowest BCUT2D eigenvalue weighted by molar-refractivity contribution is -0.0285. The lowest BCUT2D eigenvalue weighted by atomic mass is 9.83. The highest BCUT2D eigenvalue weighted by Gasteiger charge is 2.56. The number of halogens is 2. The van der Waals surface area contributed by atoms with Crippen LogP contribution in [-0.2, 0) is 23.1 Å². The quantitative estimate of drug-likeness (QED) is 0.349. The van der Waals surface area contributed by atoms with Crippen LogP contribution in [0.3, 0.4) is 0 Å². The first-order valence-electron chi connectivity index (χ1n) is 9.29. The SMILES string of the molecule is B[C@@H]1O[C@H](CC(F)P(=O)(OCC)OCC)[C@@H](OC(=O)c2ccccc2)C1(C)F. The van der Waals surface area contributed by atoms with Crippen molar-refractivity contribution in [2.24, 2.45) is 0 Å². The summed E-state index contributed by atoms with van der Waals surface area (Å²) < 4.78 is 63.5. The van der Waals surface area contributed by atoms with E-state index >= 15 is 4.39 Å². The minimum absolute atomic E-state index is 0.00707. The Labute approximate surface area is 164 Å². The summed E-state index contributed by atoms with van der Waals surface area (Å²) in [7, 11) is -2.58. The molecular weight excluding hydrogens is 392 g/mol. The smallest absolute Gasteiger partial charge is 0.364 e. The number of esters is 1. The van der Waals surface area contributed by atoms with Crippen LogP contribution >= 0.6 is 7.60 Å². The van der Waals surface area contributed by atoms with Gasteiger partial charge in [-0.1, -0.05) is 18.2 Å². The van der Waals surface area contributed by atoms with E-state index in [1.54, 1.807) is 32.0 Å². The molecule has 1 fully saturated rings. The fourth-order valence-electron chi connectivity index (χ4n) is 3.07. The topological polar surface area (TPSA) is 71.1 Å². The van der Waals surface area contributed by atoms with Gasteiger partial charge in [-0.25, -0.2) is 13.6 Å². The first kappa shape index (κ1) is 23.0. The summed E-state index contributed by atoms with van der Waals surface area (Å²) in [6.45, 7) is 4.35. The average molecular weight is 418 g/mol. The van der Waals surface area contributed by atoms with Gasteiger partial charge in [-0.15, -0.1) is 0 Å². The molecule has 0 radical (unpaired) electrons. The second-order valence-electron chi connectivity index (χ2n) is 6.71. The van der Waals surface area contributed by atoms with Gasteiger partial charge < -0.3 is 18.5 Å². The van der Waals surface area contributed by atoms with Crippen LogP contribution in [0.25, 0.3) is 0 Å². The lowest BCUT2D eigenvalue weighted by Gasteiger charge is -2.28. The van der Waals surface area contributed by atoms with E-state index in [1.807, 2.05) is 0 Å². The molecule has 156 valence electrons.